The molecule has 2 heterocycles. The molecule has 1 aromatic carbocycles. The van der Waals surface area contributed by atoms with Gasteiger partial charge in [-0.2, -0.15) is 0 Å². The zero-order chi connectivity index (χ0) is 16.4. The van der Waals surface area contributed by atoms with E-state index in [-0.39, 0.29) is 17.3 Å². The molecule has 5 heteroatoms. The first-order valence-electron chi connectivity index (χ1n) is 8.05. The summed E-state index contributed by atoms with van der Waals surface area (Å²) in [5, 5.41) is 0. The van der Waals surface area contributed by atoms with Crippen molar-refractivity contribution in [1.82, 2.24) is 14.9 Å². The maximum absolute atomic E-state index is 13.4. The number of nitrogens with one attached hydrogen (secondary N) is 1. The van der Waals surface area contributed by atoms with E-state index in [4.69, 9.17) is 4.74 Å². The van der Waals surface area contributed by atoms with Crippen LogP contribution >= 0.6 is 0 Å². The van der Waals surface area contributed by atoms with Gasteiger partial charge in [0.2, 0.25) is 0 Å². The summed E-state index contributed by atoms with van der Waals surface area (Å²) in [4.78, 5) is 10.3. The van der Waals surface area contributed by atoms with Gasteiger partial charge < -0.3 is 9.72 Å². The molecule has 1 aromatic heterocycles. The summed E-state index contributed by atoms with van der Waals surface area (Å²) >= 11 is 0. The first-order valence-corrected chi connectivity index (χ1v) is 8.05. The van der Waals surface area contributed by atoms with E-state index in [2.05, 4.69) is 35.6 Å². The summed E-state index contributed by atoms with van der Waals surface area (Å²) in [6.45, 7) is 9.98. The number of hydrogen-bond acceptors (Lipinski definition) is 3. The Hall–Kier alpha value is -1.72. The predicted octanol–water partition coefficient (Wildman–Crippen LogP) is 3.64. The second-order valence-electron chi connectivity index (χ2n) is 7.31. The molecule has 0 unspecified atom stereocenters. The number of benzene rings is 1. The summed E-state index contributed by atoms with van der Waals surface area (Å²) in [6.07, 6.45) is 1.77. The average Bonchev–Trinajstić information content (AvgIpc) is 2.96. The minimum absolute atomic E-state index is 0.116. The molecule has 0 saturated carbocycles. The number of aromatic amines is 1. The van der Waals surface area contributed by atoms with E-state index >= 15 is 0 Å². The van der Waals surface area contributed by atoms with Crippen LogP contribution < -0.4 is 0 Å². The van der Waals surface area contributed by atoms with Crippen molar-refractivity contribution < 1.29 is 9.13 Å². The Kier molecular flexibility index (Phi) is 4.50. The number of imidazole rings is 1. The van der Waals surface area contributed by atoms with Crippen LogP contribution in [-0.2, 0) is 4.74 Å². The maximum Gasteiger partial charge on any atom is 0.126 e. The van der Waals surface area contributed by atoms with E-state index < -0.39 is 0 Å². The van der Waals surface area contributed by atoms with Gasteiger partial charge in [-0.15, -0.1) is 0 Å². The molecule has 4 nitrogen and oxygen atoms in total. The molecule has 1 aliphatic heterocycles. The Bertz CT molecular complexity index is 662. The van der Waals surface area contributed by atoms with Crippen LogP contribution in [0.15, 0.2) is 30.5 Å². The number of rotatable bonds is 3. The van der Waals surface area contributed by atoms with Crippen LogP contribution in [0.3, 0.4) is 0 Å². The van der Waals surface area contributed by atoms with E-state index in [1.807, 2.05) is 6.07 Å². The van der Waals surface area contributed by atoms with Crippen molar-refractivity contribution in [2.24, 2.45) is 5.41 Å². The van der Waals surface area contributed by atoms with Gasteiger partial charge in [0.1, 0.15) is 11.6 Å². The molecule has 1 atom stereocenters. The summed E-state index contributed by atoms with van der Waals surface area (Å²) in [5.41, 5.74) is 1.86. The lowest BCUT2D eigenvalue weighted by Gasteiger charge is -2.38. The fraction of sp³-hybridized carbons (Fsp3) is 0.500. The highest BCUT2D eigenvalue weighted by Crippen LogP contribution is 2.28. The SMILES string of the molecule is CC(C)(C)CN1CCOC[C@H]1c1ncc(-c2cccc(F)c2)[nH]1. The number of hydrogen-bond donors (Lipinski definition) is 1. The van der Waals surface area contributed by atoms with Crippen LogP contribution in [0.5, 0.6) is 0 Å². The van der Waals surface area contributed by atoms with Crippen molar-refractivity contribution in [2.45, 2.75) is 26.8 Å². The van der Waals surface area contributed by atoms with Crippen LogP contribution in [0.2, 0.25) is 0 Å². The minimum atomic E-state index is -0.242. The van der Waals surface area contributed by atoms with Crippen molar-refractivity contribution >= 4 is 0 Å². The molecule has 124 valence electrons. The van der Waals surface area contributed by atoms with Gasteiger partial charge in [-0.1, -0.05) is 32.9 Å². The third-order valence-electron chi connectivity index (χ3n) is 3.96. The smallest absolute Gasteiger partial charge is 0.126 e. The van der Waals surface area contributed by atoms with Gasteiger partial charge in [0, 0.05) is 18.7 Å². The molecule has 3 rings (SSSR count). The van der Waals surface area contributed by atoms with Gasteiger partial charge in [0.05, 0.1) is 31.1 Å². The van der Waals surface area contributed by atoms with Crippen LogP contribution in [0.4, 0.5) is 4.39 Å². The van der Waals surface area contributed by atoms with Gasteiger partial charge in [-0.05, 0) is 17.5 Å². The van der Waals surface area contributed by atoms with Crippen LogP contribution in [0.25, 0.3) is 11.3 Å². The van der Waals surface area contributed by atoms with E-state index in [1.165, 1.54) is 12.1 Å². The van der Waals surface area contributed by atoms with E-state index in [1.54, 1.807) is 12.3 Å². The normalized spacial score (nSPS) is 19.9. The lowest BCUT2D eigenvalue weighted by atomic mass is 9.95. The van der Waals surface area contributed by atoms with Gasteiger partial charge >= 0.3 is 0 Å². The Morgan fingerprint density at radius 3 is 2.96 bits per heavy atom. The maximum atomic E-state index is 13.4. The van der Waals surface area contributed by atoms with Crippen LogP contribution in [-0.4, -0.2) is 41.2 Å². The van der Waals surface area contributed by atoms with E-state index in [0.717, 1.165) is 36.8 Å². The van der Waals surface area contributed by atoms with Gasteiger partial charge in [-0.3, -0.25) is 4.90 Å². The second-order valence-corrected chi connectivity index (χ2v) is 7.31. The molecule has 1 N–H and O–H groups in total. The fourth-order valence-corrected chi connectivity index (χ4v) is 3.00. The molecule has 0 aliphatic carbocycles. The molecule has 0 radical (unpaired) electrons. The average molecular weight is 317 g/mol. The van der Waals surface area contributed by atoms with Gasteiger partial charge in [-0.25, -0.2) is 9.37 Å². The molecule has 1 aliphatic rings. The van der Waals surface area contributed by atoms with Crippen LogP contribution in [0.1, 0.15) is 32.6 Å². The third kappa shape index (κ3) is 3.98. The Balaban J connectivity index is 1.83. The molecule has 2 aromatic rings. The van der Waals surface area contributed by atoms with Gasteiger partial charge in [0.15, 0.2) is 0 Å². The topological polar surface area (TPSA) is 41.1 Å². The van der Waals surface area contributed by atoms with Gasteiger partial charge in [0.25, 0.3) is 0 Å². The second kappa shape index (κ2) is 6.42. The Labute approximate surface area is 136 Å². The first kappa shape index (κ1) is 16.1. The van der Waals surface area contributed by atoms with E-state index in [0.29, 0.717) is 6.61 Å². The van der Waals surface area contributed by atoms with Crippen molar-refractivity contribution in [3.63, 3.8) is 0 Å². The predicted molar refractivity (Wildman–Crippen MR) is 88.6 cm³/mol. The van der Waals surface area contributed by atoms with Crippen molar-refractivity contribution in [2.75, 3.05) is 26.3 Å². The lowest BCUT2D eigenvalue weighted by Crippen LogP contribution is -2.44. The number of morpholine rings is 1. The standard InChI is InChI=1S/C18H24FN3O/c1-18(2,3)12-22-7-8-23-11-16(22)17-20-10-15(21-17)13-5-4-6-14(19)9-13/h4-6,9-10,16H,7-8,11-12H2,1-3H3,(H,20,21)/t16-/m0/s1. The monoisotopic (exact) mass is 317 g/mol. The molecule has 1 saturated heterocycles. The summed E-state index contributed by atoms with van der Waals surface area (Å²) in [5.74, 6) is 0.641. The zero-order valence-corrected chi connectivity index (χ0v) is 14.0. The number of H-pyrrole nitrogens is 1. The molecule has 0 bridgehead atoms. The highest BCUT2D eigenvalue weighted by molar-refractivity contribution is 5.58. The summed E-state index contributed by atoms with van der Waals surface area (Å²) < 4.78 is 19.1. The molecule has 23 heavy (non-hydrogen) atoms. The lowest BCUT2D eigenvalue weighted by molar-refractivity contribution is -0.0246. The third-order valence-corrected chi connectivity index (χ3v) is 3.96. The zero-order valence-electron chi connectivity index (χ0n) is 14.0. The number of aromatic nitrogens is 2. The molecule has 0 spiro atoms. The summed E-state index contributed by atoms with van der Waals surface area (Å²) in [6, 6.07) is 6.67. The molecular weight excluding hydrogens is 293 g/mol. The first-order chi connectivity index (χ1) is 10.9. The Morgan fingerprint density at radius 2 is 2.22 bits per heavy atom. The van der Waals surface area contributed by atoms with Crippen molar-refractivity contribution in [1.29, 1.82) is 0 Å². The van der Waals surface area contributed by atoms with Crippen molar-refractivity contribution in [3.05, 3.63) is 42.1 Å². The molecule has 0 amide bonds. The number of ether oxygens (including phenoxy) is 1. The van der Waals surface area contributed by atoms with Crippen LogP contribution in [0, 0.1) is 11.2 Å². The van der Waals surface area contributed by atoms with E-state index in [9.17, 15) is 4.39 Å². The minimum Gasteiger partial charge on any atom is -0.378 e. The quantitative estimate of drug-likeness (QED) is 0.940. The fourth-order valence-electron chi connectivity index (χ4n) is 3.00. The highest BCUT2D eigenvalue weighted by Gasteiger charge is 2.29. The highest BCUT2D eigenvalue weighted by atomic mass is 19.1. The molecule has 1 fully saturated rings. The molecular formula is C18H24FN3O. The largest absolute Gasteiger partial charge is 0.378 e. The number of halogens is 1. The van der Waals surface area contributed by atoms with Crippen molar-refractivity contribution in [3.8, 4) is 11.3 Å². The Morgan fingerprint density at radius 1 is 1.39 bits per heavy atom. The number of nitrogens with zero attached hydrogens (tertiary/aromatic N) is 2. The summed E-state index contributed by atoms with van der Waals surface area (Å²) in [7, 11) is 0.